The first-order chi connectivity index (χ1) is 3.84. The van der Waals surface area contributed by atoms with Crippen molar-refractivity contribution in [2.24, 2.45) is 0 Å². The Bertz CT molecular complexity index is 78.8. The number of likely N-dealkylation sites (N-methyl/N-ethyl adjacent to an activating group) is 1. The molecule has 1 fully saturated rings. The van der Waals surface area contributed by atoms with Crippen LogP contribution in [0.3, 0.4) is 0 Å². The first-order valence-electron chi connectivity index (χ1n) is 2.77. The van der Waals surface area contributed by atoms with Gasteiger partial charge in [-0.15, -0.1) is 0 Å². The molecule has 0 aromatic carbocycles. The van der Waals surface area contributed by atoms with Crippen LogP contribution in [-0.4, -0.2) is 26.1 Å². The standard InChI is InChI=1S/C5H10FNO/c1-7-4-2-3-8-5(4)6/h4-5,7H,2-3H2,1H3/t4-,5+/m0/s1. The Labute approximate surface area is 48.0 Å². The minimum atomic E-state index is -1.08. The molecule has 8 heavy (non-hydrogen) atoms. The molecule has 1 rings (SSSR count). The monoisotopic (exact) mass is 119 g/mol. The van der Waals surface area contributed by atoms with Crippen molar-refractivity contribution < 1.29 is 9.13 Å². The van der Waals surface area contributed by atoms with Crippen molar-refractivity contribution in [2.75, 3.05) is 13.7 Å². The zero-order chi connectivity index (χ0) is 5.98. The van der Waals surface area contributed by atoms with Gasteiger partial charge in [-0.05, 0) is 13.5 Å². The quantitative estimate of drug-likeness (QED) is 0.535. The van der Waals surface area contributed by atoms with Crippen molar-refractivity contribution in [2.45, 2.75) is 18.8 Å². The average molecular weight is 119 g/mol. The summed E-state index contributed by atoms with van der Waals surface area (Å²) in [6.45, 7) is 0.548. The van der Waals surface area contributed by atoms with Gasteiger partial charge in [-0.3, -0.25) is 0 Å². The molecule has 1 N–H and O–H groups in total. The summed E-state index contributed by atoms with van der Waals surface area (Å²) in [4.78, 5) is 0. The third-order valence-corrected chi connectivity index (χ3v) is 1.39. The molecular formula is C5H10FNO. The molecule has 0 aromatic rings. The molecule has 2 atom stereocenters. The average Bonchev–Trinajstić information content (AvgIpc) is 2.14. The third-order valence-electron chi connectivity index (χ3n) is 1.39. The number of halogens is 1. The van der Waals surface area contributed by atoms with Crippen molar-refractivity contribution in [3.8, 4) is 0 Å². The molecule has 0 aliphatic carbocycles. The summed E-state index contributed by atoms with van der Waals surface area (Å²) in [6, 6.07) is -0.0741. The van der Waals surface area contributed by atoms with Crippen molar-refractivity contribution in [1.29, 1.82) is 0 Å². The molecule has 1 saturated heterocycles. The fourth-order valence-corrected chi connectivity index (χ4v) is 0.830. The first kappa shape index (κ1) is 5.98. The molecule has 0 aromatic heterocycles. The van der Waals surface area contributed by atoms with Gasteiger partial charge in [-0.2, -0.15) is 0 Å². The number of alkyl halides is 1. The van der Waals surface area contributed by atoms with Gasteiger partial charge in [0, 0.05) is 0 Å². The van der Waals surface area contributed by atoms with Gasteiger partial charge in [-0.1, -0.05) is 0 Å². The Morgan fingerprint density at radius 2 is 2.50 bits per heavy atom. The van der Waals surface area contributed by atoms with E-state index in [-0.39, 0.29) is 6.04 Å². The van der Waals surface area contributed by atoms with Crippen molar-refractivity contribution in [1.82, 2.24) is 5.32 Å². The Kier molecular flexibility index (Phi) is 1.81. The van der Waals surface area contributed by atoms with E-state index < -0.39 is 6.36 Å². The van der Waals surface area contributed by atoms with E-state index in [1.165, 1.54) is 0 Å². The van der Waals surface area contributed by atoms with Crippen LogP contribution >= 0.6 is 0 Å². The maximum absolute atomic E-state index is 12.3. The van der Waals surface area contributed by atoms with Crippen LogP contribution < -0.4 is 5.32 Å². The summed E-state index contributed by atoms with van der Waals surface area (Å²) in [5.41, 5.74) is 0. The molecule has 3 heteroatoms. The van der Waals surface area contributed by atoms with E-state index in [0.29, 0.717) is 6.61 Å². The smallest absolute Gasteiger partial charge is 0.214 e. The van der Waals surface area contributed by atoms with Gasteiger partial charge in [0.15, 0.2) is 0 Å². The van der Waals surface area contributed by atoms with Crippen LogP contribution in [0.5, 0.6) is 0 Å². The molecule has 0 bridgehead atoms. The lowest BCUT2D eigenvalue weighted by molar-refractivity contribution is -0.00309. The van der Waals surface area contributed by atoms with Gasteiger partial charge in [-0.25, -0.2) is 4.39 Å². The zero-order valence-electron chi connectivity index (χ0n) is 4.86. The molecule has 1 aliphatic heterocycles. The molecule has 0 spiro atoms. The number of hydrogen-bond donors (Lipinski definition) is 1. The van der Waals surface area contributed by atoms with E-state index in [2.05, 4.69) is 10.1 Å². The largest absolute Gasteiger partial charge is 0.347 e. The molecular weight excluding hydrogens is 109 g/mol. The van der Waals surface area contributed by atoms with E-state index in [1.807, 2.05) is 0 Å². The Balaban J connectivity index is 2.30. The van der Waals surface area contributed by atoms with E-state index in [9.17, 15) is 4.39 Å². The topological polar surface area (TPSA) is 21.3 Å². The Morgan fingerprint density at radius 3 is 2.75 bits per heavy atom. The van der Waals surface area contributed by atoms with E-state index >= 15 is 0 Å². The van der Waals surface area contributed by atoms with Crippen molar-refractivity contribution >= 4 is 0 Å². The zero-order valence-corrected chi connectivity index (χ0v) is 4.86. The number of ether oxygens (including phenoxy) is 1. The molecule has 1 heterocycles. The highest BCUT2D eigenvalue weighted by molar-refractivity contribution is 4.72. The van der Waals surface area contributed by atoms with Crippen LogP contribution in [0.1, 0.15) is 6.42 Å². The maximum Gasteiger partial charge on any atom is 0.214 e. The lowest BCUT2D eigenvalue weighted by Gasteiger charge is -2.07. The van der Waals surface area contributed by atoms with Crippen LogP contribution in [0.15, 0.2) is 0 Å². The molecule has 0 radical (unpaired) electrons. The SMILES string of the molecule is CN[C@H]1CCO[C@H]1F. The fourth-order valence-electron chi connectivity index (χ4n) is 0.830. The summed E-state index contributed by atoms with van der Waals surface area (Å²) in [5.74, 6) is 0. The number of rotatable bonds is 1. The second-order valence-electron chi connectivity index (χ2n) is 1.91. The molecule has 0 amide bonds. The van der Waals surface area contributed by atoms with Crippen LogP contribution in [0.4, 0.5) is 4.39 Å². The molecule has 2 nitrogen and oxygen atoms in total. The van der Waals surface area contributed by atoms with Crippen molar-refractivity contribution in [3.63, 3.8) is 0 Å². The van der Waals surface area contributed by atoms with E-state index in [4.69, 9.17) is 0 Å². The van der Waals surface area contributed by atoms with Crippen LogP contribution in [0.2, 0.25) is 0 Å². The second-order valence-corrected chi connectivity index (χ2v) is 1.91. The van der Waals surface area contributed by atoms with Crippen LogP contribution in [-0.2, 0) is 4.74 Å². The third kappa shape index (κ3) is 0.980. The molecule has 0 saturated carbocycles. The highest BCUT2D eigenvalue weighted by Gasteiger charge is 2.25. The second kappa shape index (κ2) is 2.42. The Morgan fingerprint density at radius 1 is 1.75 bits per heavy atom. The predicted molar refractivity (Wildman–Crippen MR) is 28.3 cm³/mol. The predicted octanol–water partition coefficient (Wildman–Crippen LogP) is 0.290. The lowest BCUT2D eigenvalue weighted by Crippen LogP contribution is -2.30. The summed E-state index contributed by atoms with van der Waals surface area (Å²) >= 11 is 0. The minimum absolute atomic E-state index is 0.0741. The van der Waals surface area contributed by atoms with Gasteiger partial charge in [0.25, 0.3) is 0 Å². The summed E-state index contributed by atoms with van der Waals surface area (Å²) < 4.78 is 16.9. The lowest BCUT2D eigenvalue weighted by atomic mass is 10.3. The summed E-state index contributed by atoms with van der Waals surface area (Å²) in [5, 5.41) is 2.81. The van der Waals surface area contributed by atoms with E-state index in [0.717, 1.165) is 6.42 Å². The van der Waals surface area contributed by atoms with Gasteiger partial charge < -0.3 is 10.1 Å². The molecule has 48 valence electrons. The highest BCUT2D eigenvalue weighted by Crippen LogP contribution is 2.12. The highest BCUT2D eigenvalue weighted by atomic mass is 19.1. The van der Waals surface area contributed by atoms with Gasteiger partial charge in [0.05, 0.1) is 12.6 Å². The van der Waals surface area contributed by atoms with Gasteiger partial charge in [0.2, 0.25) is 6.36 Å². The van der Waals surface area contributed by atoms with E-state index in [1.54, 1.807) is 7.05 Å². The summed E-state index contributed by atoms with van der Waals surface area (Å²) in [7, 11) is 1.74. The van der Waals surface area contributed by atoms with Crippen molar-refractivity contribution in [3.05, 3.63) is 0 Å². The number of nitrogens with one attached hydrogen (secondary N) is 1. The molecule has 0 unspecified atom stereocenters. The minimum Gasteiger partial charge on any atom is -0.347 e. The van der Waals surface area contributed by atoms with Crippen LogP contribution in [0, 0.1) is 0 Å². The fraction of sp³-hybridized carbons (Fsp3) is 1.00. The summed E-state index contributed by atoms with van der Waals surface area (Å²) in [6.07, 6.45) is -0.294. The maximum atomic E-state index is 12.3. The normalized spacial score (nSPS) is 38.2. The van der Waals surface area contributed by atoms with Crippen LogP contribution in [0.25, 0.3) is 0 Å². The molecule has 1 aliphatic rings. The van der Waals surface area contributed by atoms with Gasteiger partial charge in [0.1, 0.15) is 0 Å². The van der Waals surface area contributed by atoms with Gasteiger partial charge >= 0.3 is 0 Å². The Hall–Kier alpha value is -0.150. The number of hydrogen-bond acceptors (Lipinski definition) is 2. The first-order valence-corrected chi connectivity index (χ1v) is 2.77.